The van der Waals surface area contributed by atoms with Gasteiger partial charge in [-0.2, -0.15) is 0 Å². The normalized spacial score (nSPS) is 12.2. The number of carbonyl (C=O) groups is 3. The quantitative estimate of drug-likeness (QED) is 0.0261. The van der Waals surface area contributed by atoms with Gasteiger partial charge >= 0.3 is 17.9 Å². The zero-order valence-electron chi connectivity index (χ0n) is 51.3. The number of unbranched alkanes of at least 4 members (excludes halogenated alkanes) is 46. The highest BCUT2D eigenvalue weighted by molar-refractivity contribution is 5.71. The fourth-order valence-corrected chi connectivity index (χ4v) is 10.3. The highest BCUT2D eigenvalue weighted by atomic mass is 16.6. The van der Waals surface area contributed by atoms with Gasteiger partial charge in [0, 0.05) is 19.3 Å². The Balaban J connectivity index is 4.28. The minimum atomic E-state index is -0.770. The van der Waals surface area contributed by atoms with Crippen molar-refractivity contribution in [2.75, 3.05) is 13.2 Å². The van der Waals surface area contributed by atoms with E-state index in [0.717, 1.165) is 70.6 Å². The van der Waals surface area contributed by atoms with Crippen LogP contribution in [0.25, 0.3) is 0 Å². The van der Waals surface area contributed by atoms with Crippen molar-refractivity contribution in [3.05, 3.63) is 36.5 Å². The van der Waals surface area contributed by atoms with Crippen LogP contribution in [0.15, 0.2) is 36.5 Å². The topological polar surface area (TPSA) is 78.9 Å². The molecule has 0 aromatic heterocycles. The van der Waals surface area contributed by atoms with E-state index in [1.54, 1.807) is 0 Å². The second-order valence-electron chi connectivity index (χ2n) is 23.1. The molecule has 6 nitrogen and oxygen atoms in total. The van der Waals surface area contributed by atoms with Crippen molar-refractivity contribution in [2.24, 2.45) is 0 Å². The lowest BCUT2D eigenvalue weighted by Crippen LogP contribution is -2.30. The molecule has 0 aliphatic heterocycles. The molecule has 0 heterocycles. The van der Waals surface area contributed by atoms with Crippen LogP contribution in [0.3, 0.4) is 0 Å². The molecule has 0 N–H and O–H groups in total. The van der Waals surface area contributed by atoms with Crippen LogP contribution in [-0.2, 0) is 28.6 Å². The molecule has 0 fully saturated rings. The predicted octanol–water partition coefficient (Wildman–Crippen LogP) is 23.2. The van der Waals surface area contributed by atoms with Crippen LogP contribution < -0.4 is 0 Å². The molecule has 0 aromatic carbocycles. The maximum Gasteiger partial charge on any atom is 0.306 e. The first-order valence-electron chi connectivity index (χ1n) is 34.0. The summed E-state index contributed by atoms with van der Waals surface area (Å²) in [5, 5.41) is 0. The molecule has 76 heavy (non-hydrogen) atoms. The van der Waals surface area contributed by atoms with Crippen molar-refractivity contribution in [3.63, 3.8) is 0 Å². The fraction of sp³-hybridized carbons (Fsp3) is 0.871. The zero-order chi connectivity index (χ0) is 55.0. The van der Waals surface area contributed by atoms with E-state index in [2.05, 4.69) is 57.2 Å². The van der Waals surface area contributed by atoms with Crippen molar-refractivity contribution >= 4 is 17.9 Å². The minimum absolute atomic E-state index is 0.0671. The average molecular weight is 1070 g/mol. The molecule has 1 unspecified atom stereocenters. The highest BCUT2D eigenvalue weighted by Gasteiger charge is 2.19. The van der Waals surface area contributed by atoms with Crippen LogP contribution in [0.1, 0.15) is 374 Å². The molecule has 446 valence electrons. The number of carbonyl (C=O) groups excluding carboxylic acids is 3. The minimum Gasteiger partial charge on any atom is -0.462 e. The fourth-order valence-electron chi connectivity index (χ4n) is 10.3. The van der Waals surface area contributed by atoms with E-state index in [9.17, 15) is 14.4 Å². The SMILES string of the molecule is CCCCCCC/C=C\C/C=C\C/C=C\CCCCCCCCCCCCC(=O)OCC(COC(=O)CCCCCCCCCCCCCCCCC)OC(=O)CCCCCCCCCCCCCCCCCCCC. The second-order valence-corrected chi connectivity index (χ2v) is 23.1. The lowest BCUT2D eigenvalue weighted by atomic mass is 10.0. The molecular weight excluding hydrogens is 937 g/mol. The van der Waals surface area contributed by atoms with Crippen LogP contribution in [0.2, 0.25) is 0 Å². The van der Waals surface area contributed by atoms with Crippen molar-refractivity contribution in [1.82, 2.24) is 0 Å². The summed E-state index contributed by atoms with van der Waals surface area (Å²) in [5.41, 5.74) is 0. The van der Waals surface area contributed by atoms with Gasteiger partial charge in [0.1, 0.15) is 13.2 Å². The van der Waals surface area contributed by atoms with E-state index in [4.69, 9.17) is 14.2 Å². The average Bonchev–Trinajstić information content (AvgIpc) is 3.42. The van der Waals surface area contributed by atoms with Crippen LogP contribution in [0.5, 0.6) is 0 Å². The molecule has 6 heteroatoms. The van der Waals surface area contributed by atoms with Crippen LogP contribution in [0.4, 0.5) is 0 Å². The molecule has 0 spiro atoms. The van der Waals surface area contributed by atoms with E-state index in [-0.39, 0.29) is 31.1 Å². The van der Waals surface area contributed by atoms with Crippen molar-refractivity contribution in [3.8, 4) is 0 Å². The number of ether oxygens (including phenoxy) is 3. The Morgan fingerprint density at radius 2 is 0.474 bits per heavy atom. The van der Waals surface area contributed by atoms with Crippen molar-refractivity contribution in [2.45, 2.75) is 380 Å². The molecule has 0 aliphatic carbocycles. The van der Waals surface area contributed by atoms with Gasteiger partial charge < -0.3 is 14.2 Å². The number of esters is 3. The van der Waals surface area contributed by atoms with Gasteiger partial charge in [0.05, 0.1) is 0 Å². The molecule has 0 aliphatic rings. The third kappa shape index (κ3) is 62.5. The number of hydrogen-bond acceptors (Lipinski definition) is 6. The summed E-state index contributed by atoms with van der Waals surface area (Å²) in [6, 6.07) is 0. The summed E-state index contributed by atoms with van der Waals surface area (Å²) in [6.45, 7) is 6.70. The summed E-state index contributed by atoms with van der Waals surface area (Å²) in [5.74, 6) is -0.842. The standard InChI is InChI=1S/C70H130O6/c1-4-7-10-13-16-19-22-25-28-30-32-33-34-35-36-37-38-40-42-45-48-51-54-57-60-63-69(72)75-66-67(65-74-68(71)62-59-56-53-50-47-44-41-27-24-21-18-15-12-9-6-3)76-70(73)64-61-58-55-52-49-46-43-39-31-29-26-23-20-17-14-11-8-5-2/h22,25,30,32,34-35,67H,4-21,23-24,26-29,31,33,36-66H2,1-3H3/b25-22-,32-30-,35-34-. The van der Waals surface area contributed by atoms with E-state index in [1.165, 1.54) is 263 Å². The Morgan fingerprint density at radius 1 is 0.263 bits per heavy atom. The molecule has 0 rings (SSSR count). The van der Waals surface area contributed by atoms with E-state index < -0.39 is 6.10 Å². The highest BCUT2D eigenvalue weighted by Crippen LogP contribution is 2.18. The first-order chi connectivity index (χ1) is 37.5. The second kappa shape index (κ2) is 65.2. The Labute approximate surface area is 474 Å². The molecule has 0 saturated carbocycles. The summed E-state index contributed by atoms with van der Waals surface area (Å²) in [6.07, 6.45) is 80.1. The number of rotatable bonds is 63. The third-order valence-electron chi connectivity index (χ3n) is 15.4. The smallest absolute Gasteiger partial charge is 0.306 e. The van der Waals surface area contributed by atoms with E-state index in [0.29, 0.717) is 19.3 Å². The largest absolute Gasteiger partial charge is 0.462 e. The summed E-state index contributed by atoms with van der Waals surface area (Å²) >= 11 is 0. The van der Waals surface area contributed by atoms with Gasteiger partial charge in [0.2, 0.25) is 0 Å². The van der Waals surface area contributed by atoms with Crippen LogP contribution in [0, 0.1) is 0 Å². The maximum atomic E-state index is 12.9. The van der Waals surface area contributed by atoms with Gasteiger partial charge in [0.25, 0.3) is 0 Å². The molecule has 0 radical (unpaired) electrons. The third-order valence-corrected chi connectivity index (χ3v) is 15.4. The monoisotopic (exact) mass is 1070 g/mol. The van der Waals surface area contributed by atoms with Crippen molar-refractivity contribution in [1.29, 1.82) is 0 Å². The first kappa shape index (κ1) is 73.6. The summed E-state index contributed by atoms with van der Waals surface area (Å²) in [7, 11) is 0. The number of hydrogen-bond donors (Lipinski definition) is 0. The van der Waals surface area contributed by atoms with Gasteiger partial charge in [-0.1, -0.05) is 333 Å². The molecule has 0 aromatic rings. The molecule has 0 amide bonds. The molecular formula is C70H130O6. The Hall–Kier alpha value is -2.37. The lowest BCUT2D eigenvalue weighted by Gasteiger charge is -2.18. The Bertz CT molecular complexity index is 1270. The van der Waals surface area contributed by atoms with Gasteiger partial charge in [-0.15, -0.1) is 0 Å². The maximum absolute atomic E-state index is 12.9. The van der Waals surface area contributed by atoms with Crippen LogP contribution >= 0.6 is 0 Å². The molecule has 0 saturated heterocycles. The Kier molecular flexibility index (Phi) is 63.1. The Morgan fingerprint density at radius 3 is 0.737 bits per heavy atom. The van der Waals surface area contributed by atoms with Crippen LogP contribution in [-0.4, -0.2) is 37.2 Å². The zero-order valence-corrected chi connectivity index (χ0v) is 51.3. The number of allylic oxidation sites excluding steroid dienone is 6. The van der Waals surface area contributed by atoms with E-state index in [1.807, 2.05) is 0 Å². The van der Waals surface area contributed by atoms with Gasteiger partial charge in [0.15, 0.2) is 6.10 Å². The molecule has 1 atom stereocenters. The molecule has 0 bridgehead atoms. The van der Waals surface area contributed by atoms with Gasteiger partial charge in [-0.3, -0.25) is 14.4 Å². The first-order valence-corrected chi connectivity index (χ1v) is 34.0. The summed E-state index contributed by atoms with van der Waals surface area (Å²) < 4.78 is 17.0. The van der Waals surface area contributed by atoms with Gasteiger partial charge in [-0.25, -0.2) is 0 Å². The van der Waals surface area contributed by atoms with E-state index >= 15 is 0 Å². The lowest BCUT2D eigenvalue weighted by molar-refractivity contribution is -0.167. The van der Waals surface area contributed by atoms with Gasteiger partial charge in [-0.05, 0) is 57.8 Å². The summed E-state index contributed by atoms with van der Waals surface area (Å²) in [4.78, 5) is 38.4. The predicted molar refractivity (Wildman–Crippen MR) is 330 cm³/mol. The van der Waals surface area contributed by atoms with Crippen molar-refractivity contribution < 1.29 is 28.6 Å².